The van der Waals surface area contributed by atoms with Crippen LogP contribution in [0.2, 0.25) is 5.02 Å². The molecule has 0 aliphatic carbocycles. The van der Waals surface area contributed by atoms with Crippen LogP contribution in [-0.4, -0.2) is 6.54 Å². The van der Waals surface area contributed by atoms with Gasteiger partial charge in [0, 0.05) is 11.4 Å². The number of hydrogen-bond acceptors (Lipinski definition) is 0. The molecule has 0 spiro atoms. The standard InChI is InChI=1S/C9H12ClN/c1-11-7-6-8-4-2-3-5-9(8)10/h2-5H,1,6-7,11H2. The average Bonchev–Trinajstić information content (AvgIpc) is 2.03. The first kappa shape index (κ1) is 8.57. The van der Waals surface area contributed by atoms with Crippen LogP contribution < -0.4 is 5.32 Å². The number of nitrogens with two attached hydrogens (primary N) is 1. The molecule has 0 unspecified atom stereocenters. The van der Waals surface area contributed by atoms with Crippen LogP contribution in [0.1, 0.15) is 5.56 Å². The van der Waals surface area contributed by atoms with E-state index in [0.29, 0.717) is 0 Å². The Morgan fingerprint density at radius 3 is 2.73 bits per heavy atom. The topological polar surface area (TPSA) is 16.6 Å². The van der Waals surface area contributed by atoms with E-state index in [0.717, 1.165) is 18.0 Å². The van der Waals surface area contributed by atoms with E-state index in [-0.39, 0.29) is 0 Å². The molecular weight excluding hydrogens is 158 g/mol. The first-order chi connectivity index (χ1) is 5.34. The maximum Gasteiger partial charge on any atom is 0.0557 e. The molecule has 1 aromatic carbocycles. The molecule has 0 fully saturated rings. The maximum absolute atomic E-state index is 5.93. The van der Waals surface area contributed by atoms with Crippen LogP contribution in [0.15, 0.2) is 24.3 Å². The highest BCUT2D eigenvalue weighted by Gasteiger charge is 1.96. The molecule has 0 bridgehead atoms. The molecule has 2 heteroatoms. The van der Waals surface area contributed by atoms with Crippen molar-refractivity contribution in [3.8, 4) is 0 Å². The minimum Gasteiger partial charge on any atom is -0.479 e. The first-order valence-corrected chi connectivity index (χ1v) is 4.06. The van der Waals surface area contributed by atoms with Gasteiger partial charge in [0.05, 0.1) is 6.54 Å². The van der Waals surface area contributed by atoms with E-state index in [1.54, 1.807) is 0 Å². The van der Waals surface area contributed by atoms with Gasteiger partial charge in [-0.15, -0.1) is 0 Å². The van der Waals surface area contributed by atoms with Gasteiger partial charge in [-0.1, -0.05) is 29.8 Å². The van der Waals surface area contributed by atoms with E-state index in [4.69, 9.17) is 11.6 Å². The summed E-state index contributed by atoms with van der Waals surface area (Å²) in [5, 5.41) is 2.76. The van der Waals surface area contributed by atoms with E-state index < -0.39 is 0 Å². The zero-order valence-corrected chi connectivity index (χ0v) is 7.14. The summed E-state index contributed by atoms with van der Waals surface area (Å²) >= 11 is 5.93. The number of benzene rings is 1. The fraction of sp³-hybridized carbons (Fsp3) is 0.222. The van der Waals surface area contributed by atoms with Gasteiger partial charge in [0.2, 0.25) is 0 Å². The Labute approximate surface area is 72.4 Å². The van der Waals surface area contributed by atoms with Crippen molar-refractivity contribution in [3.05, 3.63) is 41.9 Å². The molecule has 0 aliphatic heterocycles. The predicted octanol–water partition coefficient (Wildman–Crippen LogP) is 1.24. The van der Waals surface area contributed by atoms with E-state index >= 15 is 0 Å². The highest BCUT2D eigenvalue weighted by molar-refractivity contribution is 6.31. The number of quaternary nitrogens is 1. The van der Waals surface area contributed by atoms with E-state index in [9.17, 15) is 0 Å². The van der Waals surface area contributed by atoms with Crippen LogP contribution in [0.3, 0.4) is 0 Å². The van der Waals surface area contributed by atoms with Crippen LogP contribution in [0.5, 0.6) is 0 Å². The molecule has 11 heavy (non-hydrogen) atoms. The normalized spacial score (nSPS) is 10.0. The summed E-state index contributed by atoms with van der Waals surface area (Å²) < 4.78 is 0. The molecule has 0 amide bonds. The smallest absolute Gasteiger partial charge is 0.0557 e. The zero-order valence-electron chi connectivity index (χ0n) is 6.39. The Balaban J connectivity index is 2.62. The second-order valence-electron chi connectivity index (χ2n) is 2.42. The van der Waals surface area contributed by atoms with Crippen LogP contribution >= 0.6 is 11.6 Å². The molecule has 2 N–H and O–H groups in total. The summed E-state index contributed by atoms with van der Waals surface area (Å²) in [6.07, 6.45) is 0.989. The fourth-order valence-electron chi connectivity index (χ4n) is 0.959. The first-order valence-electron chi connectivity index (χ1n) is 3.69. The Hall–Kier alpha value is -0.530. The van der Waals surface area contributed by atoms with Crippen molar-refractivity contribution in [2.45, 2.75) is 6.42 Å². The summed E-state index contributed by atoms with van der Waals surface area (Å²) in [7, 11) is 3.66. The largest absolute Gasteiger partial charge is 0.479 e. The Bertz CT molecular complexity index is 223. The average molecular weight is 170 g/mol. The molecule has 0 saturated carbocycles. The third-order valence-corrected chi connectivity index (χ3v) is 1.94. The lowest BCUT2D eigenvalue weighted by Gasteiger charge is -2.02. The van der Waals surface area contributed by atoms with Gasteiger partial charge < -0.3 is 5.32 Å². The quantitative estimate of drug-likeness (QED) is 0.656. The molecule has 0 saturated heterocycles. The van der Waals surface area contributed by atoms with Crippen molar-refractivity contribution in [1.29, 1.82) is 0 Å². The molecule has 1 aromatic rings. The van der Waals surface area contributed by atoms with Crippen LogP contribution in [-0.2, 0) is 6.42 Å². The van der Waals surface area contributed by atoms with Gasteiger partial charge in [0.15, 0.2) is 0 Å². The van der Waals surface area contributed by atoms with E-state index in [1.165, 1.54) is 5.56 Å². The van der Waals surface area contributed by atoms with Crippen LogP contribution in [0, 0.1) is 7.05 Å². The molecule has 0 radical (unpaired) electrons. The second-order valence-corrected chi connectivity index (χ2v) is 2.83. The monoisotopic (exact) mass is 169 g/mol. The molecule has 60 valence electrons. The molecule has 1 rings (SSSR count). The Morgan fingerprint density at radius 2 is 2.09 bits per heavy atom. The van der Waals surface area contributed by atoms with Crippen molar-refractivity contribution >= 4 is 11.6 Å². The van der Waals surface area contributed by atoms with Gasteiger partial charge in [-0.05, 0) is 11.6 Å². The summed E-state index contributed by atoms with van der Waals surface area (Å²) in [5.74, 6) is 0. The SMILES string of the molecule is [CH2-][NH2+]CCc1ccccc1Cl. The fourth-order valence-corrected chi connectivity index (χ4v) is 1.19. The molecular formula is C9H12ClN. The van der Waals surface area contributed by atoms with Crippen molar-refractivity contribution < 1.29 is 5.32 Å². The molecule has 0 aromatic heterocycles. The highest BCUT2D eigenvalue weighted by Crippen LogP contribution is 2.14. The minimum atomic E-state index is 0.856. The van der Waals surface area contributed by atoms with Crippen molar-refractivity contribution in [2.75, 3.05) is 6.54 Å². The number of hydrogen-bond donors (Lipinski definition) is 1. The molecule has 0 heterocycles. The summed E-state index contributed by atoms with van der Waals surface area (Å²) in [4.78, 5) is 0. The van der Waals surface area contributed by atoms with Gasteiger partial charge in [-0.3, -0.25) is 0 Å². The van der Waals surface area contributed by atoms with Gasteiger partial charge >= 0.3 is 0 Å². The number of halogens is 1. The molecule has 0 aliphatic rings. The molecule has 1 nitrogen and oxygen atoms in total. The third kappa shape index (κ3) is 2.52. The van der Waals surface area contributed by atoms with Gasteiger partial charge in [0.1, 0.15) is 0 Å². The van der Waals surface area contributed by atoms with Crippen molar-refractivity contribution in [1.82, 2.24) is 0 Å². The second kappa shape index (κ2) is 4.37. The lowest BCUT2D eigenvalue weighted by atomic mass is 10.1. The summed E-state index contributed by atoms with van der Waals surface area (Å²) in [6.45, 7) is 0.990. The van der Waals surface area contributed by atoms with E-state index in [2.05, 4.69) is 7.05 Å². The Kier molecular flexibility index (Phi) is 3.40. The lowest BCUT2D eigenvalue weighted by Crippen LogP contribution is -2.77. The van der Waals surface area contributed by atoms with Crippen LogP contribution in [0.4, 0.5) is 0 Å². The van der Waals surface area contributed by atoms with Gasteiger partial charge in [-0.2, -0.15) is 7.05 Å². The van der Waals surface area contributed by atoms with Gasteiger partial charge in [0.25, 0.3) is 0 Å². The predicted molar refractivity (Wildman–Crippen MR) is 47.3 cm³/mol. The third-order valence-electron chi connectivity index (χ3n) is 1.58. The number of rotatable bonds is 3. The maximum atomic E-state index is 5.93. The van der Waals surface area contributed by atoms with E-state index in [1.807, 2.05) is 29.6 Å². The summed E-state index contributed by atoms with van der Waals surface area (Å²) in [5.41, 5.74) is 1.20. The van der Waals surface area contributed by atoms with Gasteiger partial charge in [-0.25, -0.2) is 0 Å². The van der Waals surface area contributed by atoms with Crippen molar-refractivity contribution in [2.24, 2.45) is 0 Å². The van der Waals surface area contributed by atoms with Crippen LogP contribution in [0.25, 0.3) is 0 Å². The Morgan fingerprint density at radius 1 is 1.36 bits per heavy atom. The van der Waals surface area contributed by atoms with Crippen molar-refractivity contribution in [3.63, 3.8) is 0 Å². The zero-order chi connectivity index (χ0) is 8.10. The minimum absolute atomic E-state index is 0.856. The summed E-state index contributed by atoms with van der Waals surface area (Å²) in [6, 6.07) is 7.91. The lowest BCUT2D eigenvalue weighted by molar-refractivity contribution is -0.594. The highest BCUT2D eigenvalue weighted by atomic mass is 35.5. The molecule has 0 atom stereocenters.